The lowest BCUT2D eigenvalue weighted by molar-refractivity contribution is -0.152. The molecule has 2 nitrogen and oxygen atoms in total. The molecule has 0 aromatic carbocycles. The third kappa shape index (κ3) is 3.46. The zero-order chi connectivity index (χ0) is 9.72. The van der Waals surface area contributed by atoms with E-state index in [0.29, 0.717) is 0 Å². The lowest BCUT2D eigenvalue weighted by Crippen LogP contribution is -2.24. The van der Waals surface area contributed by atoms with Crippen molar-refractivity contribution < 1.29 is 18.3 Å². The first-order chi connectivity index (χ1) is 5.49. The molecule has 0 N–H and O–H groups in total. The highest BCUT2D eigenvalue weighted by Gasteiger charge is 2.22. The Kier molecular flexibility index (Phi) is 4.47. The van der Waals surface area contributed by atoms with E-state index in [1.165, 1.54) is 13.8 Å². The summed E-state index contributed by atoms with van der Waals surface area (Å²) in [5, 5.41) is 0. The number of carbonyl (C=O) groups excluding carboxylic acids is 1. The third-order valence-corrected chi connectivity index (χ3v) is 1.29. The van der Waals surface area contributed by atoms with Crippen molar-refractivity contribution in [1.29, 1.82) is 0 Å². The molecule has 0 saturated heterocycles. The molecule has 0 aromatic heterocycles. The molecule has 0 amide bonds. The summed E-state index contributed by atoms with van der Waals surface area (Å²) in [4.78, 5) is 10.8. The Balaban J connectivity index is 4.03. The number of hydrogen-bond donors (Lipinski definition) is 0. The van der Waals surface area contributed by atoms with Gasteiger partial charge in [-0.15, -0.1) is 0 Å². The highest BCUT2D eigenvalue weighted by Crippen LogP contribution is 2.11. The number of rotatable bonds is 4. The topological polar surface area (TPSA) is 26.3 Å². The number of alkyl halides is 2. The molecule has 70 valence electrons. The molecule has 0 spiro atoms. The van der Waals surface area contributed by atoms with E-state index in [0.717, 1.165) is 0 Å². The Labute approximate surface area is 70.2 Å². The molecule has 0 radical (unpaired) electrons. The number of esters is 1. The van der Waals surface area contributed by atoms with E-state index in [1.54, 1.807) is 0 Å². The second-order valence-electron chi connectivity index (χ2n) is 2.47. The molecule has 12 heavy (non-hydrogen) atoms. The Hall–Kier alpha value is -0.930. The molecular weight excluding hydrogens is 166 g/mol. The summed E-state index contributed by atoms with van der Waals surface area (Å²) in [7, 11) is 0. The Morgan fingerprint density at radius 2 is 2.08 bits per heavy atom. The molecule has 4 heteroatoms. The second kappa shape index (κ2) is 4.85. The fourth-order valence-electron chi connectivity index (χ4n) is 0.551. The molecule has 0 aliphatic rings. The van der Waals surface area contributed by atoms with Crippen LogP contribution in [-0.4, -0.2) is 18.5 Å². The predicted octanol–water partition coefficient (Wildman–Crippen LogP) is 2.15. The number of ether oxygens (including phenoxy) is 1. The van der Waals surface area contributed by atoms with Gasteiger partial charge in [0.2, 0.25) is 0 Å². The average molecular weight is 178 g/mol. The van der Waals surface area contributed by atoms with Gasteiger partial charge >= 0.3 is 5.97 Å². The molecule has 1 unspecified atom stereocenters. The quantitative estimate of drug-likeness (QED) is 0.487. The van der Waals surface area contributed by atoms with Crippen molar-refractivity contribution in [2.45, 2.75) is 32.8 Å². The fraction of sp³-hybridized carbons (Fsp3) is 0.625. The molecule has 0 fully saturated rings. The van der Waals surface area contributed by atoms with Gasteiger partial charge in [0.25, 0.3) is 6.43 Å². The maximum absolute atomic E-state index is 12.0. The highest BCUT2D eigenvalue weighted by atomic mass is 19.3. The minimum Gasteiger partial charge on any atom is -0.453 e. The van der Waals surface area contributed by atoms with E-state index in [1.807, 2.05) is 0 Å². The molecule has 0 aliphatic heterocycles. The van der Waals surface area contributed by atoms with Crippen LogP contribution in [0.2, 0.25) is 0 Å². The molecule has 0 aromatic rings. The summed E-state index contributed by atoms with van der Waals surface area (Å²) in [6.07, 6.45) is -3.83. The lowest BCUT2D eigenvalue weighted by atomic mass is 10.3. The first-order valence-corrected chi connectivity index (χ1v) is 3.63. The average Bonchev–Trinajstić information content (AvgIpc) is 1.98. The normalized spacial score (nSPS) is 12.8. The molecule has 0 rings (SSSR count). The SMILES string of the molecule is C=C(C)C(=O)OC(CC)C(F)F. The highest BCUT2D eigenvalue weighted by molar-refractivity contribution is 5.87. The van der Waals surface area contributed by atoms with Crippen LogP contribution < -0.4 is 0 Å². The summed E-state index contributed by atoms with van der Waals surface area (Å²) in [6.45, 7) is 6.23. The summed E-state index contributed by atoms with van der Waals surface area (Å²) < 4.78 is 28.5. The molecule has 0 heterocycles. The fourth-order valence-corrected chi connectivity index (χ4v) is 0.551. The second-order valence-corrected chi connectivity index (χ2v) is 2.47. The summed E-state index contributed by atoms with van der Waals surface area (Å²) in [6, 6.07) is 0. The van der Waals surface area contributed by atoms with Gasteiger partial charge in [0.05, 0.1) is 0 Å². The van der Waals surface area contributed by atoms with Crippen molar-refractivity contribution in [2.75, 3.05) is 0 Å². The van der Waals surface area contributed by atoms with Crippen LogP contribution in [0.4, 0.5) is 8.78 Å². The van der Waals surface area contributed by atoms with Crippen LogP contribution in [0.5, 0.6) is 0 Å². The van der Waals surface area contributed by atoms with Gasteiger partial charge in [0, 0.05) is 5.57 Å². The van der Waals surface area contributed by atoms with Crippen molar-refractivity contribution in [3.05, 3.63) is 12.2 Å². The molecule has 0 saturated carbocycles. The maximum Gasteiger partial charge on any atom is 0.333 e. The third-order valence-electron chi connectivity index (χ3n) is 1.29. The molecule has 0 aliphatic carbocycles. The van der Waals surface area contributed by atoms with Crippen molar-refractivity contribution in [1.82, 2.24) is 0 Å². The number of carbonyl (C=O) groups is 1. The van der Waals surface area contributed by atoms with Gasteiger partial charge in [0.15, 0.2) is 6.10 Å². The summed E-state index contributed by atoms with van der Waals surface area (Å²) >= 11 is 0. The van der Waals surface area contributed by atoms with E-state index >= 15 is 0 Å². The predicted molar refractivity (Wildman–Crippen MR) is 41.0 cm³/mol. The number of halogens is 2. The van der Waals surface area contributed by atoms with Gasteiger partial charge in [-0.05, 0) is 13.3 Å². The van der Waals surface area contributed by atoms with Crippen molar-refractivity contribution in [3.8, 4) is 0 Å². The Morgan fingerprint density at radius 3 is 2.33 bits per heavy atom. The number of hydrogen-bond acceptors (Lipinski definition) is 2. The minimum atomic E-state index is -2.63. The van der Waals surface area contributed by atoms with Gasteiger partial charge in [-0.3, -0.25) is 0 Å². The minimum absolute atomic E-state index is 0.108. The van der Waals surface area contributed by atoms with E-state index in [4.69, 9.17) is 0 Å². The largest absolute Gasteiger partial charge is 0.453 e. The first kappa shape index (κ1) is 11.1. The van der Waals surface area contributed by atoms with Gasteiger partial charge in [-0.2, -0.15) is 0 Å². The smallest absolute Gasteiger partial charge is 0.333 e. The first-order valence-electron chi connectivity index (χ1n) is 3.63. The van der Waals surface area contributed by atoms with Gasteiger partial charge in [-0.25, -0.2) is 13.6 Å². The van der Waals surface area contributed by atoms with Crippen LogP contribution in [0, 0.1) is 0 Å². The van der Waals surface area contributed by atoms with Crippen LogP contribution >= 0.6 is 0 Å². The van der Waals surface area contributed by atoms with Crippen molar-refractivity contribution >= 4 is 5.97 Å². The van der Waals surface area contributed by atoms with Crippen LogP contribution in [-0.2, 0) is 9.53 Å². The lowest BCUT2D eigenvalue weighted by Gasteiger charge is -2.14. The van der Waals surface area contributed by atoms with E-state index in [9.17, 15) is 13.6 Å². The Bertz CT molecular complexity index is 178. The summed E-state index contributed by atoms with van der Waals surface area (Å²) in [5.41, 5.74) is 0.133. The zero-order valence-electron chi connectivity index (χ0n) is 7.14. The van der Waals surface area contributed by atoms with Crippen LogP contribution in [0.3, 0.4) is 0 Å². The zero-order valence-corrected chi connectivity index (χ0v) is 7.14. The standard InChI is InChI=1S/C8H12F2O2/c1-4-6(7(9)10)12-8(11)5(2)3/h6-7H,2,4H2,1,3H3. The molecular formula is C8H12F2O2. The van der Waals surface area contributed by atoms with Crippen LogP contribution in [0.25, 0.3) is 0 Å². The van der Waals surface area contributed by atoms with Gasteiger partial charge in [-0.1, -0.05) is 13.5 Å². The van der Waals surface area contributed by atoms with Gasteiger partial charge in [0.1, 0.15) is 0 Å². The van der Waals surface area contributed by atoms with Crippen LogP contribution in [0.15, 0.2) is 12.2 Å². The van der Waals surface area contributed by atoms with E-state index in [-0.39, 0.29) is 12.0 Å². The van der Waals surface area contributed by atoms with Crippen LogP contribution in [0.1, 0.15) is 20.3 Å². The van der Waals surface area contributed by atoms with Crippen molar-refractivity contribution in [3.63, 3.8) is 0 Å². The van der Waals surface area contributed by atoms with Gasteiger partial charge < -0.3 is 4.74 Å². The van der Waals surface area contributed by atoms with E-state index < -0.39 is 18.5 Å². The van der Waals surface area contributed by atoms with Crippen molar-refractivity contribution in [2.24, 2.45) is 0 Å². The molecule has 0 bridgehead atoms. The molecule has 1 atom stereocenters. The monoisotopic (exact) mass is 178 g/mol. The Morgan fingerprint density at radius 1 is 1.58 bits per heavy atom. The maximum atomic E-state index is 12.0. The summed E-state index contributed by atoms with van der Waals surface area (Å²) in [5.74, 6) is -0.762. The van der Waals surface area contributed by atoms with E-state index in [2.05, 4.69) is 11.3 Å².